The maximum atomic E-state index is 12.6. The van der Waals surface area contributed by atoms with Crippen LogP contribution in [-0.2, 0) is 16.0 Å². The number of aliphatic carboxylic acids is 1. The van der Waals surface area contributed by atoms with Crippen LogP contribution in [0, 0.1) is 11.8 Å². The molecule has 0 saturated carbocycles. The Bertz CT molecular complexity index is 662. The van der Waals surface area contributed by atoms with Crippen molar-refractivity contribution in [3.8, 4) is 0 Å². The standard InChI is InChI=1S/C17H26N4O4/c1-9(2)10(3)20-17(4,25)21-14(16(23)24)12(15(21)22)7-11-5-6-19-13(18)8-11/h5-6,8-10,12,14,20,25H,7H2,1-4H3,(H2,18,19)(H,23,24)/t10-,12-,14+,17+/m1/s1. The number of likely N-dealkylation sites (tertiary alicyclic amines) is 1. The third-order valence-corrected chi connectivity index (χ3v) is 4.74. The van der Waals surface area contributed by atoms with Crippen LogP contribution in [0.15, 0.2) is 18.3 Å². The summed E-state index contributed by atoms with van der Waals surface area (Å²) in [6.07, 6.45) is 1.75. The Balaban J connectivity index is 2.19. The zero-order valence-corrected chi connectivity index (χ0v) is 14.9. The SMILES string of the molecule is CC(C)[C@@H](C)N[C@](C)(O)N1C(=O)[C@H](Cc2ccnc(N)c2)[C@H]1C(=O)O. The van der Waals surface area contributed by atoms with Crippen molar-refractivity contribution in [1.29, 1.82) is 0 Å². The summed E-state index contributed by atoms with van der Waals surface area (Å²) >= 11 is 0. The summed E-state index contributed by atoms with van der Waals surface area (Å²) in [5.41, 5.74) is 6.37. The fraction of sp³-hybridized carbons (Fsp3) is 0.588. The molecule has 0 aromatic carbocycles. The van der Waals surface area contributed by atoms with Gasteiger partial charge in [0.25, 0.3) is 0 Å². The summed E-state index contributed by atoms with van der Waals surface area (Å²) in [5, 5.41) is 23.2. The second-order valence-corrected chi connectivity index (χ2v) is 7.09. The fourth-order valence-corrected chi connectivity index (χ4v) is 3.06. The highest BCUT2D eigenvalue weighted by molar-refractivity contribution is 5.97. The fourth-order valence-electron chi connectivity index (χ4n) is 3.06. The van der Waals surface area contributed by atoms with Crippen LogP contribution in [0.5, 0.6) is 0 Å². The third kappa shape index (κ3) is 3.91. The van der Waals surface area contributed by atoms with Crippen molar-refractivity contribution in [1.82, 2.24) is 15.2 Å². The number of carboxylic acids is 1. The first-order valence-electron chi connectivity index (χ1n) is 8.31. The molecule has 25 heavy (non-hydrogen) atoms. The number of nitrogens with zero attached hydrogens (tertiary/aromatic N) is 2. The minimum atomic E-state index is -1.74. The number of carbonyl (C=O) groups excluding carboxylic acids is 1. The van der Waals surface area contributed by atoms with Gasteiger partial charge in [0.2, 0.25) is 5.91 Å². The van der Waals surface area contributed by atoms with Crippen molar-refractivity contribution in [3.63, 3.8) is 0 Å². The zero-order chi connectivity index (χ0) is 18.9. The maximum absolute atomic E-state index is 12.6. The van der Waals surface area contributed by atoms with Crippen molar-refractivity contribution in [2.24, 2.45) is 11.8 Å². The molecule has 1 aromatic heterocycles. The van der Waals surface area contributed by atoms with Crippen molar-refractivity contribution >= 4 is 17.7 Å². The van der Waals surface area contributed by atoms with Gasteiger partial charge in [-0.05, 0) is 43.9 Å². The van der Waals surface area contributed by atoms with E-state index in [1.807, 2.05) is 20.8 Å². The number of anilines is 1. The largest absolute Gasteiger partial charge is 0.480 e. The van der Waals surface area contributed by atoms with Gasteiger partial charge in [0, 0.05) is 12.2 Å². The van der Waals surface area contributed by atoms with Gasteiger partial charge in [0.1, 0.15) is 11.9 Å². The molecule has 2 heterocycles. The van der Waals surface area contributed by atoms with E-state index in [9.17, 15) is 19.8 Å². The Morgan fingerprint density at radius 1 is 1.48 bits per heavy atom. The van der Waals surface area contributed by atoms with Gasteiger partial charge >= 0.3 is 5.97 Å². The predicted molar refractivity (Wildman–Crippen MR) is 92.2 cm³/mol. The van der Waals surface area contributed by atoms with E-state index in [2.05, 4.69) is 10.3 Å². The van der Waals surface area contributed by atoms with E-state index in [4.69, 9.17) is 5.73 Å². The van der Waals surface area contributed by atoms with E-state index in [1.54, 1.807) is 12.1 Å². The van der Waals surface area contributed by atoms with Crippen LogP contribution in [0.2, 0.25) is 0 Å². The van der Waals surface area contributed by atoms with Gasteiger partial charge in [-0.25, -0.2) is 9.78 Å². The molecule has 0 aliphatic carbocycles. The van der Waals surface area contributed by atoms with Crippen molar-refractivity contribution in [2.75, 3.05) is 5.73 Å². The van der Waals surface area contributed by atoms with E-state index in [-0.39, 0.29) is 18.4 Å². The molecule has 0 spiro atoms. The first-order valence-corrected chi connectivity index (χ1v) is 8.31. The number of hydrogen-bond acceptors (Lipinski definition) is 6. The van der Waals surface area contributed by atoms with Gasteiger partial charge in [0.05, 0.1) is 5.92 Å². The first kappa shape index (κ1) is 19.1. The highest BCUT2D eigenvalue weighted by atomic mass is 16.4. The van der Waals surface area contributed by atoms with Crippen LogP contribution >= 0.6 is 0 Å². The molecular weight excluding hydrogens is 324 g/mol. The van der Waals surface area contributed by atoms with Crippen molar-refractivity contribution in [2.45, 2.75) is 52.0 Å². The molecule has 1 aliphatic heterocycles. The number of amides is 1. The molecule has 8 nitrogen and oxygen atoms in total. The molecule has 2 rings (SSSR count). The number of nitrogens with one attached hydrogen (secondary N) is 1. The number of pyridine rings is 1. The van der Waals surface area contributed by atoms with Crippen LogP contribution in [0.25, 0.3) is 0 Å². The van der Waals surface area contributed by atoms with Crippen LogP contribution in [0.3, 0.4) is 0 Å². The molecule has 138 valence electrons. The minimum Gasteiger partial charge on any atom is -0.480 e. The lowest BCUT2D eigenvalue weighted by molar-refractivity contribution is -0.215. The lowest BCUT2D eigenvalue weighted by atomic mass is 9.81. The molecular formula is C17H26N4O4. The number of aliphatic hydroxyl groups is 1. The topological polar surface area (TPSA) is 129 Å². The van der Waals surface area contributed by atoms with Crippen LogP contribution in [0.1, 0.15) is 33.3 Å². The number of carbonyl (C=O) groups is 2. The molecule has 0 unspecified atom stereocenters. The van der Waals surface area contributed by atoms with Gasteiger partial charge in [-0.15, -0.1) is 0 Å². The Morgan fingerprint density at radius 2 is 2.12 bits per heavy atom. The van der Waals surface area contributed by atoms with Crippen LogP contribution < -0.4 is 11.1 Å². The van der Waals surface area contributed by atoms with E-state index in [1.165, 1.54) is 13.1 Å². The van der Waals surface area contributed by atoms with E-state index in [0.29, 0.717) is 5.82 Å². The van der Waals surface area contributed by atoms with Gasteiger partial charge in [-0.1, -0.05) is 13.8 Å². The van der Waals surface area contributed by atoms with Gasteiger partial charge < -0.3 is 15.9 Å². The molecule has 1 saturated heterocycles. The van der Waals surface area contributed by atoms with E-state index in [0.717, 1.165) is 10.5 Å². The summed E-state index contributed by atoms with van der Waals surface area (Å²) in [6, 6.07) is 2.11. The minimum absolute atomic E-state index is 0.101. The molecule has 0 bridgehead atoms. The number of hydrogen-bond donors (Lipinski definition) is 4. The predicted octanol–water partition coefficient (Wildman–Crippen LogP) is 0.418. The van der Waals surface area contributed by atoms with Crippen LogP contribution in [-0.4, -0.2) is 49.9 Å². The molecule has 1 fully saturated rings. The molecule has 0 radical (unpaired) electrons. The van der Waals surface area contributed by atoms with Crippen LogP contribution in [0.4, 0.5) is 5.82 Å². The Kier molecular flexibility index (Phi) is 5.34. The van der Waals surface area contributed by atoms with Gasteiger partial charge in [-0.3, -0.25) is 15.0 Å². The molecule has 1 amide bonds. The normalized spacial score (nSPS) is 23.9. The first-order chi connectivity index (χ1) is 11.5. The smallest absolute Gasteiger partial charge is 0.327 e. The molecule has 1 aromatic rings. The number of nitrogen functional groups attached to an aromatic ring is 1. The highest BCUT2D eigenvalue weighted by Gasteiger charge is 2.57. The second kappa shape index (κ2) is 6.97. The van der Waals surface area contributed by atoms with Gasteiger partial charge in [0.15, 0.2) is 5.85 Å². The molecule has 4 atom stereocenters. The molecule has 8 heteroatoms. The number of aromatic nitrogens is 1. The lowest BCUT2D eigenvalue weighted by Gasteiger charge is -2.52. The third-order valence-electron chi connectivity index (χ3n) is 4.74. The second-order valence-electron chi connectivity index (χ2n) is 7.09. The summed E-state index contributed by atoms with van der Waals surface area (Å²) in [7, 11) is 0. The average molecular weight is 350 g/mol. The van der Waals surface area contributed by atoms with Crippen molar-refractivity contribution < 1.29 is 19.8 Å². The zero-order valence-electron chi connectivity index (χ0n) is 14.9. The van der Waals surface area contributed by atoms with Gasteiger partial charge in [-0.2, -0.15) is 0 Å². The Morgan fingerprint density at radius 3 is 2.64 bits per heavy atom. The monoisotopic (exact) mass is 350 g/mol. The number of nitrogens with two attached hydrogens (primary N) is 1. The highest BCUT2D eigenvalue weighted by Crippen LogP contribution is 2.35. The number of carboxylic acid groups (broad SMARTS) is 1. The van der Waals surface area contributed by atoms with Crippen molar-refractivity contribution in [3.05, 3.63) is 23.9 Å². The molecule has 5 N–H and O–H groups in total. The number of β-lactam (4-membered cyclic amide) rings is 1. The lowest BCUT2D eigenvalue weighted by Crippen LogP contribution is -2.76. The average Bonchev–Trinajstić information content (AvgIpc) is 2.48. The van der Waals surface area contributed by atoms with E-state index >= 15 is 0 Å². The quantitative estimate of drug-likeness (QED) is 0.414. The molecule has 1 aliphatic rings. The number of rotatable bonds is 7. The Labute approximate surface area is 147 Å². The summed E-state index contributed by atoms with van der Waals surface area (Å²) in [6.45, 7) is 7.21. The summed E-state index contributed by atoms with van der Waals surface area (Å²) in [4.78, 5) is 29.2. The summed E-state index contributed by atoms with van der Waals surface area (Å²) in [5.74, 6) is -3.52. The Hall–Kier alpha value is -2.19. The maximum Gasteiger partial charge on any atom is 0.327 e. The summed E-state index contributed by atoms with van der Waals surface area (Å²) < 4.78 is 0. The van der Waals surface area contributed by atoms with E-state index < -0.39 is 29.7 Å².